The SMILES string of the molecule is Cc1ccc(Nc2ccccc2C(=O)O)c(Cl)c1. The van der Waals surface area contributed by atoms with Gasteiger partial charge >= 0.3 is 5.97 Å². The number of hydrogen-bond acceptors (Lipinski definition) is 2. The number of para-hydroxylation sites is 1. The Labute approximate surface area is 110 Å². The van der Waals surface area contributed by atoms with Gasteiger partial charge in [-0.3, -0.25) is 0 Å². The van der Waals surface area contributed by atoms with E-state index in [0.29, 0.717) is 16.4 Å². The summed E-state index contributed by atoms with van der Waals surface area (Å²) in [5.74, 6) is -0.971. The molecule has 0 aromatic heterocycles. The Bertz CT molecular complexity index is 596. The number of aromatic carboxylic acids is 1. The van der Waals surface area contributed by atoms with Crippen LogP contribution >= 0.6 is 11.6 Å². The van der Waals surface area contributed by atoms with E-state index < -0.39 is 5.97 Å². The van der Waals surface area contributed by atoms with Crippen LogP contribution < -0.4 is 5.32 Å². The number of aryl methyl sites for hydroxylation is 1. The Balaban J connectivity index is 2.37. The maximum atomic E-state index is 11.1. The highest BCUT2D eigenvalue weighted by Crippen LogP contribution is 2.27. The second kappa shape index (κ2) is 5.10. The number of hydrogen-bond donors (Lipinski definition) is 2. The lowest BCUT2D eigenvalue weighted by Gasteiger charge is -2.11. The second-order valence-electron chi connectivity index (χ2n) is 3.96. The molecule has 2 aromatic rings. The van der Waals surface area contributed by atoms with E-state index in [1.165, 1.54) is 0 Å². The third-order valence-electron chi connectivity index (χ3n) is 2.55. The zero-order valence-electron chi connectivity index (χ0n) is 9.77. The number of benzene rings is 2. The molecule has 0 fully saturated rings. The molecule has 2 rings (SSSR count). The molecular formula is C14H12ClNO2. The molecule has 0 aliphatic heterocycles. The van der Waals surface area contributed by atoms with Crippen LogP contribution in [-0.2, 0) is 0 Å². The quantitative estimate of drug-likeness (QED) is 0.875. The first-order chi connectivity index (χ1) is 8.58. The molecule has 18 heavy (non-hydrogen) atoms. The summed E-state index contributed by atoms with van der Waals surface area (Å²) in [5, 5.41) is 12.7. The van der Waals surface area contributed by atoms with E-state index in [9.17, 15) is 4.79 Å². The highest BCUT2D eigenvalue weighted by Gasteiger charge is 2.10. The lowest BCUT2D eigenvalue weighted by Crippen LogP contribution is -2.02. The van der Waals surface area contributed by atoms with Crippen LogP contribution in [0.1, 0.15) is 15.9 Å². The molecule has 0 radical (unpaired) electrons. The molecule has 4 heteroatoms. The van der Waals surface area contributed by atoms with Gasteiger partial charge < -0.3 is 10.4 Å². The van der Waals surface area contributed by atoms with Crippen molar-refractivity contribution in [3.8, 4) is 0 Å². The van der Waals surface area contributed by atoms with Gasteiger partial charge in [0.15, 0.2) is 0 Å². The Morgan fingerprint density at radius 1 is 1.17 bits per heavy atom. The van der Waals surface area contributed by atoms with Crippen molar-refractivity contribution < 1.29 is 9.90 Å². The molecule has 3 nitrogen and oxygen atoms in total. The van der Waals surface area contributed by atoms with Crippen LogP contribution in [0.3, 0.4) is 0 Å². The summed E-state index contributed by atoms with van der Waals surface area (Å²) >= 11 is 6.10. The van der Waals surface area contributed by atoms with E-state index in [1.54, 1.807) is 24.3 Å². The Kier molecular flexibility index (Phi) is 3.53. The first-order valence-corrected chi connectivity index (χ1v) is 5.81. The molecule has 2 N–H and O–H groups in total. The van der Waals surface area contributed by atoms with Crippen molar-refractivity contribution in [2.24, 2.45) is 0 Å². The number of carboxylic acids is 1. The molecule has 0 bridgehead atoms. The van der Waals surface area contributed by atoms with Crippen molar-refractivity contribution in [1.82, 2.24) is 0 Å². The van der Waals surface area contributed by atoms with Crippen LogP contribution in [-0.4, -0.2) is 11.1 Å². The molecule has 0 saturated carbocycles. The minimum Gasteiger partial charge on any atom is -0.478 e. The lowest BCUT2D eigenvalue weighted by atomic mass is 10.1. The number of anilines is 2. The van der Waals surface area contributed by atoms with Gasteiger partial charge in [0.1, 0.15) is 0 Å². The van der Waals surface area contributed by atoms with Gasteiger partial charge in [-0.2, -0.15) is 0 Å². The van der Waals surface area contributed by atoms with E-state index in [-0.39, 0.29) is 5.56 Å². The molecule has 0 aliphatic rings. The minimum absolute atomic E-state index is 0.217. The van der Waals surface area contributed by atoms with E-state index in [1.807, 2.05) is 25.1 Å². The number of carboxylic acid groups (broad SMARTS) is 1. The van der Waals surface area contributed by atoms with Crippen LogP contribution in [0.15, 0.2) is 42.5 Å². The maximum Gasteiger partial charge on any atom is 0.337 e. The summed E-state index contributed by atoms with van der Waals surface area (Å²) in [4.78, 5) is 11.1. The topological polar surface area (TPSA) is 49.3 Å². The van der Waals surface area contributed by atoms with Gasteiger partial charge in [-0.1, -0.05) is 29.8 Å². The molecule has 2 aromatic carbocycles. The van der Waals surface area contributed by atoms with Crippen molar-refractivity contribution in [3.05, 3.63) is 58.6 Å². The lowest BCUT2D eigenvalue weighted by molar-refractivity contribution is 0.0698. The Morgan fingerprint density at radius 3 is 2.56 bits per heavy atom. The van der Waals surface area contributed by atoms with Crippen molar-refractivity contribution in [3.63, 3.8) is 0 Å². The zero-order chi connectivity index (χ0) is 13.1. The van der Waals surface area contributed by atoms with E-state index in [4.69, 9.17) is 16.7 Å². The first-order valence-electron chi connectivity index (χ1n) is 5.43. The fraction of sp³-hybridized carbons (Fsp3) is 0.0714. The van der Waals surface area contributed by atoms with Crippen molar-refractivity contribution >= 4 is 28.9 Å². The highest BCUT2D eigenvalue weighted by molar-refractivity contribution is 6.33. The molecule has 0 saturated heterocycles. The first kappa shape index (κ1) is 12.5. The van der Waals surface area contributed by atoms with Gasteiger partial charge in [0.25, 0.3) is 0 Å². The van der Waals surface area contributed by atoms with Crippen LogP contribution in [0.5, 0.6) is 0 Å². The van der Waals surface area contributed by atoms with Crippen molar-refractivity contribution in [2.45, 2.75) is 6.92 Å². The van der Waals surface area contributed by atoms with Gasteiger partial charge in [-0.05, 0) is 36.8 Å². The third-order valence-corrected chi connectivity index (χ3v) is 2.86. The van der Waals surface area contributed by atoms with Crippen molar-refractivity contribution in [2.75, 3.05) is 5.32 Å². The van der Waals surface area contributed by atoms with Gasteiger partial charge in [0, 0.05) is 0 Å². The maximum absolute atomic E-state index is 11.1. The smallest absolute Gasteiger partial charge is 0.337 e. The predicted molar refractivity (Wildman–Crippen MR) is 72.9 cm³/mol. The standard InChI is InChI=1S/C14H12ClNO2/c1-9-6-7-13(11(15)8-9)16-12-5-3-2-4-10(12)14(17)18/h2-8,16H,1H3,(H,17,18). The van der Waals surface area contributed by atoms with Crippen LogP contribution in [0.25, 0.3) is 0 Å². The van der Waals surface area contributed by atoms with E-state index in [0.717, 1.165) is 5.56 Å². The molecular weight excluding hydrogens is 250 g/mol. The fourth-order valence-corrected chi connectivity index (χ4v) is 1.93. The summed E-state index contributed by atoms with van der Waals surface area (Å²) in [7, 11) is 0. The monoisotopic (exact) mass is 261 g/mol. The minimum atomic E-state index is -0.971. The normalized spacial score (nSPS) is 10.1. The summed E-state index contributed by atoms with van der Waals surface area (Å²) in [6.45, 7) is 1.95. The molecule has 92 valence electrons. The number of halogens is 1. The third kappa shape index (κ3) is 2.63. The predicted octanol–water partition coefficient (Wildman–Crippen LogP) is 4.09. The van der Waals surface area contributed by atoms with E-state index >= 15 is 0 Å². The second-order valence-corrected chi connectivity index (χ2v) is 4.37. The number of nitrogens with one attached hydrogen (secondary N) is 1. The average Bonchev–Trinajstić information content (AvgIpc) is 2.33. The summed E-state index contributed by atoms with van der Waals surface area (Å²) in [5.41, 5.74) is 2.48. The molecule has 0 spiro atoms. The summed E-state index contributed by atoms with van der Waals surface area (Å²) in [6.07, 6.45) is 0. The zero-order valence-corrected chi connectivity index (χ0v) is 10.5. The summed E-state index contributed by atoms with van der Waals surface area (Å²) in [6, 6.07) is 12.3. The number of carbonyl (C=O) groups is 1. The van der Waals surface area contributed by atoms with Crippen LogP contribution in [0.2, 0.25) is 5.02 Å². The molecule has 0 unspecified atom stereocenters. The Morgan fingerprint density at radius 2 is 1.89 bits per heavy atom. The van der Waals surface area contributed by atoms with Gasteiger partial charge in [0.05, 0.1) is 22.0 Å². The van der Waals surface area contributed by atoms with Crippen LogP contribution in [0.4, 0.5) is 11.4 Å². The Hall–Kier alpha value is -2.00. The van der Waals surface area contributed by atoms with Gasteiger partial charge in [0.2, 0.25) is 0 Å². The van der Waals surface area contributed by atoms with Gasteiger partial charge in [-0.25, -0.2) is 4.79 Å². The average molecular weight is 262 g/mol. The summed E-state index contributed by atoms with van der Waals surface area (Å²) < 4.78 is 0. The molecule has 0 atom stereocenters. The van der Waals surface area contributed by atoms with Crippen LogP contribution in [0, 0.1) is 6.92 Å². The van der Waals surface area contributed by atoms with E-state index in [2.05, 4.69) is 5.32 Å². The number of rotatable bonds is 3. The highest BCUT2D eigenvalue weighted by atomic mass is 35.5. The van der Waals surface area contributed by atoms with Crippen molar-refractivity contribution in [1.29, 1.82) is 0 Å². The molecule has 0 amide bonds. The van der Waals surface area contributed by atoms with Gasteiger partial charge in [-0.15, -0.1) is 0 Å². The fourth-order valence-electron chi connectivity index (χ4n) is 1.65. The largest absolute Gasteiger partial charge is 0.478 e. The molecule has 0 heterocycles. The molecule has 0 aliphatic carbocycles.